The van der Waals surface area contributed by atoms with Crippen LogP contribution in [0.15, 0.2) is 24.3 Å². The molecule has 2 saturated carbocycles. The van der Waals surface area contributed by atoms with Crippen molar-refractivity contribution in [2.24, 2.45) is 11.3 Å². The van der Waals surface area contributed by atoms with E-state index in [0.29, 0.717) is 44.7 Å². The quantitative estimate of drug-likeness (QED) is 0.789. The number of carbonyl (C=O) groups excluding carboxylic acids is 2. The summed E-state index contributed by atoms with van der Waals surface area (Å²) in [6.07, 6.45) is -0.745. The number of hydrogen-bond acceptors (Lipinski definition) is 3. The Morgan fingerprint density at radius 1 is 1.15 bits per heavy atom. The average Bonchev–Trinajstić information content (AvgIpc) is 3.17. The van der Waals surface area contributed by atoms with Crippen LogP contribution in [0.2, 0.25) is 0 Å². The Labute approximate surface area is 156 Å². The fraction of sp³-hybridized carbons (Fsp3) is 0.600. The van der Waals surface area contributed by atoms with Crippen LogP contribution in [0, 0.1) is 11.3 Å². The predicted octanol–water partition coefficient (Wildman–Crippen LogP) is 3.50. The van der Waals surface area contributed by atoms with E-state index in [0.717, 1.165) is 25.3 Å². The molecule has 3 aliphatic rings. The van der Waals surface area contributed by atoms with Crippen LogP contribution < -0.4 is 4.90 Å². The molecule has 1 aromatic rings. The third-order valence-electron chi connectivity index (χ3n) is 6.48. The molecule has 1 aliphatic heterocycles. The lowest BCUT2D eigenvalue weighted by molar-refractivity contribution is -0.144. The summed E-state index contributed by atoms with van der Waals surface area (Å²) in [5.74, 6) is 0.453. The van der Waals surface area contributed by atoms with Crippen LogP contribution in [-0.2, 0) is 15.8 Å². The number of piperazine rings is 1. The second kappa shape index (κ2) is 6.53. The molecule has 4 nitrogen and oxygen atoms in total. The van der Waals surface area contributed by atoms with Crippen molar-refractivity contribution in [3.8, 4) is 0 Å². The van der Waals surface area contributed by atoms with Crippen LogP contribution in [0.4, 0.5) is 18.9 Å². The second-order valence-electron chi connectivity index (χ2n) is 7.99. The summed E-state index contributed by atoms with van der Waals surface area (Å²) in [7, 11) is 0. The van der Waals surface area contributed by atoms with Crippen LogP contribution in [0.3, 0.4) is 0 Å². The number of halogens is 3. The lowest BCUT2D eigenvalue weighted by atomic mass is 9.79. The van der Waals surface area contributed by atoms with E-state index in [1.165, 1.54) is 12.1 Å². The highest BCUT2D eigenvalue weighted by Crippen LogP contribution is 2.54. The summed E-state index contributed by atoms with van der Waals surface area (Å²) in [6.45, 7) is 1.97. The second-order valence-corrected chi connectivity index (χ2v) is 7.99. The molecule has 27 heavy (non-hydrogen) atoms. The zero-order valence-corrected chi connectivity index (χ0v) is 15.1. The van der Waals surface area contributed by atoms with Gasteiger partial charge in [0, 0.05) is 44.7 Å². The number of fused-ring (bicyclic) bond motifs is 1. The molecule has 1 saturated heterocycles. The molecule has 0 N–H and O–H groups in total. The predicted molar refractivity (Wildman–Crippen MR) is 94.3 cm³/mol. The Morgan fingerprint density at radius 2 is 1.89 bits per heavy atom. The first-order valence-electron chi connectivity index (χ1n) is 9.53. The summed E-state index contributed by atoms with van der Waals surface area (Å²) in [5, 5.41) is 0. The van der Waals surface area contributed by atoms with Crippen LogP contribution in [0.25, 0.3) is 0 Å². The number of anilines is 1. The highest BCUT2D eigenvalue weighted by molar-refractivity contribution is 5.94. The van der Waals surface area contributed by atoms with Gasteiger partial charge in [0.1, 0.15) is 5.78 Å². The van der Waals surface area contributed by atoms with Gasteiger partial charge < -0.3 is 9.80 Å². The van der Waals surface area contributed by atoms with Crippen molar-refractivity contribution < 1.29 is 22.8 Å². The number of carbonyl (C=O) groups is 2. The molecule has 2 aliphatic carbocycles. The molecule has 0 bridgehead atoms. The molecule has 146 valence electrons. The van der Waals surface area contributed by atoms with Crippen molar-refractivity contribution in [2.75, 3.05) is 31.1 Å². The van der Waals surface area contributed by atoms with E-state index in [2.05, 4.69) is 0 Å². The summed E-state index contributed by atoms with van der Waals surface area (Å²) in [5.41, 5.74) is -0.629. The lowest BCUT2D eigenvalue weighted by Crippen LogP contribution is -2.53. The summed E-state index contributed by atoms with van der Waals surface area (Å²) < 4.78 is 38.8. The maximum atomic E-state index is 13.2. The van der Waals surface area contributed by atoms with Gasteiger partial charge in [0.05, 0.1) is 11.0 Å². The molecular weight excluding hydrogens is 357 g/mol. The van der Waals surface area contributed by atoms with E-state index >= 15 is 0 Å². The van der Waals surface area contributed by atoms with E-state index in [1.807, 2.05) is 9.80 Å². The lowest BCUT2D eigenvalue weighted by Gasteiger charge is -2.40. The van der Waals surface area contributed by atoms with Crippen molar-refractivity contribution in [3.63, 3.8) is 0 Å². The smallest absolute Gasteiger partial charge is 0.368 e. The molecule has 1 aromatic carbocycles. The number of amides is 1. The zero-order chi connectivity index (χ0) is 19.2. The van der Waals surface area contributed by atoms with Gasteiger partial charge in [0.15, 0.2) is 0 Å². The van der Waals surface area contributed by atoms with Crippen molar-refractivity contribution in [3.05, 3.63) is 29.8 Å². The number of Topliss-reactive ketones (excluding diaryl/α,β-unsaturated/α-hetero) is 1. The van der Waals surface area contributed by atoms with Crippen molar-refractivity contribution in [1.82, 2.24) is 4.90 Å². The highest BCUT2D eigenvalue weighted by atomic mass is 19.4. The van der Waals surface area contributed by atoms with Gasteiger partial charge in [0.25, 0.3) is 0 Å². The zero-order valence-electron chi connectivity index (χ0n) is 15.1. The summed E-state index contributed by atoms with van der Waals surface area (Å²) in [4.78, 5) is 28.8. The standard InChI is InChI=1S/C20H23F3N2O2/c21-20(22,23)15-3-1-5-16(11-15)24-7-9-25(10-8-24)18(27)19-6-2-4-14(19)12-17(26)13-19/h1,3,5,11,14H,2,4,6-10,12-13H2. The summed E-state index contributed by atoms with van der Waals surface area (Å²) >= 11 is 0. The first kappa shape index (κ1) is 18.3. The minimum Gasteiger partial charge on any atom is -0.368 e. The van der Waals surface area contributed by atoms with Crippen molar-refractivity contribution in [2.45, 2.75) is 38.3 Å². The Balaban J connectivity index is 1.44. The molecule has 1 heterocycles. The van der Waals surface area contributed by atoms with Gasteiger partial charge in [-0.25, -0.2) is 0 Å². The minimum absolute atomic E-state index is 0.0829. The van der Waals surface area contributed by atoms with Crippen LogP contribution in [-0.4, -0.2) is 42.8 Å². The minimum atomic E-state index is -4.36. The van der Waals surface area contributed by atoms with Gasteiger partial charge in [0.2, 0.25) is 5.91 Å². The topological polar surface area (TPSA) is 40.6 Å². The number of ketones is 1. The Bertz CT molecular complexity index is 756. The van der Waals surface area contributed by atoms with Gasteiger partial charge in [-0.2, -0.15) is 13.2 Å². The van der Waals surface area contributed by atoms with Crippen molar-refractivity contribution >= 4 is 17.4 Å². The molecule has 2 unspecified atom stereocenters. The van der Waals surface area contributed by atoms with E-state index in [4.69, 9.17) is 0 Å². The SMILES string of the molecule is O=C1CC2CCCC2(C(=O)N2CCN(c3cccc(C(F)(F)F)c3)CC2)C1. The monoisotopic (exact) mass is 380 g/mol. The van der Waals surface area contributed by atoms with Gasteiger partial charge in [-0.1, -0.05) is 12.5 Å². The maximum absolute atomic E-state index is 13.2. The average molecular weight is 380 g/mol. The number of rotatable bonds is 2. The van der Waals surface area contributed by atoms with E-state index in [1.54, 1.807) is 6.07 Å². The first-order valence-corrected chi connectivity index (χ1v) is 9.53. The highest BCUT2D eigenvalue weighted by Gasteiger charge is 2.56. The molecule has 4 rings (SSSR count). The van der Waals surface area contributed by atoms with E-state index in [-0.39, 0.29) is 17.6 Å². The molecule has 0 aromatic heterocycles. The van der Waals surface area contributed by atoms with Gasteiger partial charge in [-0.3, -0.25) is 9.59 Å². The molecule has 7 heteroatoms. The molecule has 2 atom stereocenters. The number of alkyl halides is 3. The van der Waals surface area contributed by atoms with E-state index < -0.39 is 17.2 Å². The fourth-order valence-corrected chi connectivity index (χ4v) is 5.09. The van der Waals surface area contributed by atoms with Gasteiger partial charge >= 0.3 is 6.18 Å². The molecule has 3 fully saturated rings. The van der Waals surface area contributed by atoms with Gasteiger partial charge in [-0.05, 0) is 37.0 Å². The Hall–Kier alpha value is -2.05. The van der Waals surface area contributed by atoms with Crippen LogP contribution in [0.1, 0.15) is 37.7 Å². The maximum Gasteiger partial charge on any atom is 0.416 e. The third kappa shape index (κ3) is 3.21. The molecular formula is C20H23F3N2O2. The van der Waals surface area contributed by atoms with Gasteiger partial charge in [-0.15, -0.1) is 0 Å². The number of hydrogen-bond donors (Lipinski definition) is 0. The van der Waals surface area contributed by atoms with Crippen LogP contribution in [0.5, 0.6) is 0 Å². The Morgan fingerprint density at radius 3 is 2.59 bits per heavy atom. The Kier molecular flexibility index (Phi) is 4.43. The molecule has 1 amide bonds. The van der Waals surface area contributed by atoms with Crippen molar-refractivity contribution in [1.29, 1.82) is 0 Å². The number of nitrogens with zero attached hydrogens (tertiary/aromatic N) is 2. The largest absolute Gasteiger partial charge is 0.416 e. The first-order chi connectivity index (χ1) is 12.8. The molecule has 0 radical (unpaired) electrons. The third-order valence-corrected chi connectivity index (χ3v) is 6.48. The number of benzene rings is 1. The fourth-order valence-electron chi connectivity index (χ4n) is 5.09. The van der Waals surface area contributed by atoms with Crippen LogP contribution >= 0.6 is 0 Å². The van der Waals surface area contributed by atoms with E-state index in [9.17, 15) is 22.8 Å². The summed E-state index contributed by atoms with van der Waals surface area (Å²) in [6, 6.07) is 5.33. The molecule has 0 spiro atoms. The normalized spacial score (nSPS) is 28.6.